The molecule has 23 heavy (non-hydrogen) atoms. The molecule has 3 aromatic rings. The van der Waals surface area contributed by atoms with E-state index in [2.05, 4.69) is 10.3 Å². The highest BCUT2D eigenvalue weighted by atomic mass is 35.5. The van der Waals surface area contributed by atoms with Gasteiger partial charge in [0.1, 0.15) is 17.0 Å². The third-order valence-electron chi connectivity index (χ3n) is 3.26. The summed E-state index contributed by atoms with van der Waals surface area (Å²) in [4.78, 5) is 12.5. The first-order chi connectivity index (χ1) is 11.1. The number of aromatic nitrogens is 3. The smallest absolute Gasteiger partial charge is 0.282 e. The summed E-state index contributed by atoms with van der Waals surface area (Å²) >= 11 is 5.97. The first kappa shape index (κ1) is 15.4. The maximum absolute atomic E-state index is 14.3. The van der Waals surface area contributed by atoms with Gasteiger partial charge in [0.15, 0.2) is 5.82 Å². The summed E-state index contributed by atoms with van der Waals surface area (Å²) in [5.41, 5.74) is -0.0624. The van der Waals surface area contributed by atoms with Gasteiger partial charge in [-0.15, -0.1) is 5.10 Å². The van der Waals surface area contributed by atoms with Crippen molar-refractivity contribution in [3.63, 3.8) is 0 Å². The van der Waals surface area contributed by atoms with Gasteiger partial charge in [-0.2, -0.15) is 4.68 Å². The zero-order chi connectivity index (χ0) is 16.4. The second kappa shape index (κ2) is 6.34. The van der Waals surface area contributed by atoms with E-state index in [9.17, 15) is 9.18 Å². The molecule has 1 heterocycles. The van der Waals surface area contributed by atoms with Gasteiger partial charge in [-0.05, 0) is 24.6 Å². The van der Waals surface area contributed by atoms with Crippen LogP contribution in [-0.2, 0) is 0 Å². The van der Waals surface area contributed by atoms with E-state index < -0.39 is 11.4 Å². The first-order valence-corrected chi connectivity index (χ1v) is 7.46. The normalized spacial score (nSPS) is 10.9. The van der Waals surface area contributed by atoms with Gasteiger partial charge >= 0.3 is 0 Å². The van der Waals surface area contributed by atoms with E-state index >= 15 is 0 Å². The molecule has 7 heteroatoms. The van der Waals surface area contributed by atoms with Gasteiger partial charge in [-0.1, -0.05) is 35.9 Å². The Morgan fingerprint density at radius 1 is 1.30 bits per heavy atom. The summed E-state index contributed by atoms with van der Waals surface area (Å²) < 4.78 is 20.6. The van der Waals surface area contributed by atoms with Crippen LogP contribution < -0.4 is 10.3 Å². The van der Waals surface area contributed by atoms with E-state index in [1.165, 1.54) is 6.07 Å². The highest BCUT2D eigenvalue weighted by Crippen LogP contribution is 2.29. The van der Waals surface area contributed by atoms with Crippen molar-refractivity contribution in [1.82, 2.24) is 15.0 Å². The third kappa shape index (κ3) is 2.90. The van der Waals surface area contributed by atoms with Crippen molar-refractivity contribution in [2.75, 3.05) is 6.61 Å². The molecular weight excluding hydrogens is 321 g/mol. The van der Waals surface area contributed by atoms with Crippen molar-refractivity contribution in [1.29, 1.82) is 0 Å². The second-order valence-electron chi connectivity index (χ2n) is 4.91. The highest BCUT2D eigenvalue weighted by molar-refractivity contribution is 6.32. The Hall–Kier alpha value is -2.47. The molecular formula is C16H13ClFN3O2. The molecule has 0 aliphatic carbocycles. The lowest BCUT2D eigenvalue weighted by Gasteiger charge is -2.11. The van der Waals surface area contributed by atoms with E-state index in [0.29, 0.717) is 23.3 Å². The standard InChI is InChI=1S/C16H13ClFN3O2/c1-2-7-23-15-9-14(12(18)8-11(15)17)21-16(22)10-5-3-4-6-13(10)19-20-21/h3-6,8-9H,2,7H2,1H3. The van der Waals surface area contributed by atoms with Crippen molar-refractivity contribution in [3.8, 4) is 11.4 Å². The predicted octanol–water partition coefficient (Wildman–Crippen LogP) is 3.36. The van der Waals surface area contributed by atoms with Crippen LogP contribution in [-0.4, -0.2) is 21.6 Å². The molecule has 0 radical (unpaired) electrons. The van der Waals surface area contributed by atoms with Crippen LogP contribution in [0.3, 0.4) is 0 Å². The van der Waals surface area contributed by atoms with Gasteiger partial charge in [0.2, 0.25) is 0 Å². The largest absolute Gasteiger partial charge is 0.492 e. The van der Waals surface area contributed by atoms with Gasteiger partial charge in [0.25, 0.3) is 5.56 Å². The minimum Gasteiger partial charge on any atom is -0.492 e. The summed E-state index contributed by atoms with van der Waals surface area (Å²) in [7, 11) is 0. The fraction of sp³-hybridized carbons (Fsp3) is 0.188. The summed E-state index contributed by atoms with van der Waals surface area (Å²) in [5.74, 6) is -0.377. The topological polar surface area (TPSA) is 57.0 Å². The molecule has 0 fully saturated rings. The van der Waals surface area contributed by atoms with Gasteiger partial charge in [-0.25, -0.2) is 4.39 Å². The van der Waals surface area contributed by atoms with E-state index in [4.69, 9.17) is 16.3 Å². The molecule has 0 unspecified atom stereocenters. The van der Waals surface area contributed by atoms with Crippen molar-refractivity contribution < 1.29 is 9.13 Å². The van der Waals surface area contributed by atoms with Gasteiger partial charge in [0, 0.05) is 6.07 Å². The van der Waals surface area contributed by atoms with Crippen LogP contribution >= 0.6 is 11.6 Å². The lowest BCUT2D eigenvalue weighted by molar-refractivity contribution is 0.317. The molecule has 0 saturated heterocycles. The van der Waals surface area contributed by atoms with E-state index in [-0.39, 0.29) is 10.7 Å². The predicted molar refractivity (Wildman–Crippen MR) is 85.9 cm³/mol. The summed E-state index contributed by atoms with van der Waals surface area (Å²) in [5, 5.41) is 8.25. The molecule has 118 valence electrons. The van der Waals surface area contributed by atoms with Crippen LogP contribution in [0.15, 0.2) is 41.2 Å². The zero-order valence-corrected chi connectivity index (χ0v) is 13.0. The molecule has 0 saturated carbocycles. The fourth-order valence-electron chi connectivity index (χ4n) is 2.15. The minimum absolute atomic E-state index is 0.0521. The van der Waals surface area contributed by atoms with Gasteiger partial charge in [-0.3, -0.25) is 4.79 Å². The van der Waals surface area contributed by atoms with Crippen LogP contribution in [0.4, 0.5) is 4.39 Å². The molecule has 0 N–H and O–H groups in total. The Balaban J connectivity index is 2.18. The number of halogens is 2. The summed E-state index contributed by atoms with van der Waals surface area (Å²) in [6.07, 6.45) is 0.777. The van der Waals surface area contributed by atoms with Gasteiger partial charge in [0.05, 0.1) is 17.0 Å². The van der Waals surface area contributed by atoms with Crippen molar-refractivity contribution >= 4 is 22.5 Å². The van der Waals surface area contributed by atoms with Crippen LogP contribution in [0, 0.1) is 5.82 Å². The average molecular weight is 334 g/mol. The molecule has 3 rings (SSSR count). The first-order valence-electron chi connectivity index (χ1n) is 7.08. The maximum atomic E-state index is 14.3. The van der Waals surface area contributed by atoms with Gasteiger partial charge < -0.3 is 4.74 Å². The lowest BCUT2D eigenvalue weighted by atomic mass is 10.2. The molecule has 2 aromatic carbocycles. The number of hydrogen-bond acceptors (Lipinski definition) is 4. The molecule has 1 aromatic heterocycles. The Morgan fingerprint density at radius 3 is 2.87 bits per heavy atom. The number of ether oxygens (including phenoxy) is 1. The summed E-state index contributed by atoms with van der Waals surface area (Å²) in [6.45, 7) is 2.38. The van der Waals surface area contributed by atoms with E-state index in [1.807, 2.05) is 6.92 Å². The molecule has 0 bridgehead atoms. The molecule has 0 aliphatic heterocycles. The molecule has 5 nitrogen and oxygen atoms in total. The fourth-order valence-corrected chi connectivity index (χ4v) is 2.36. The van der Waals surface area contributed by atoms with E-state index in [1.54, 1.807) is 24.3 Å². The molecule has 0 amide bonds. The van der Waals surface area contributed by atoms with Crippen LogP contribution in [0.5, 0.6) is 5.75 Å². The highest BCUT2D eigenvalue weighted by Gasteiger charge is 2.15. The number of rotatable bonds is 4. The minimum atomic E-state index is -0.675. The van der Waals surface area contributed by atoms with Crippen LogP contribution in [0.25, 0.3) is 16.6 Å². The number of nitrogens with zero attached hydrogens (tertiary/aromatic N) is 3. The average Bonchev–Trinajstić information content (AvgIpc) is 2.55. The third-order valence-corrected chi connectivity index (χ3v) is 3.56. The van der Waals surface area contributed by atoms with Crippen molar-refractivity contribution in [3.05, 3.63) is 57.6 Å². The molecule has 0 atom stereocenters. The Bertz CT molecular complexity index is 927. The second-order valence-corrected chi connectivity index (χ2v) is 5.31. The van der Waals surface area contributed by atoms with Crippen molar-refractivity contribution in [2.24, 2.45) is 0 Å². The number of fused-ring (bicyclic) bond motifs is 1. The zero-order valence-electron chi connectivity index (χ0n) is 12.3. The number of benzene rings is 2. The molecule has 0 aliphatic rings. The number of hydrogen-bond donors (Lipinski definition) is 0. The van der Waals surface area contributed by atoms with Crippen LogP contribution in [0.2, 0.25) is 5.02 Å². The SMILES string of the molecule is CCCOc1cc(-n2nnc3ccccc3c2=O)c(F)cc1Cl. The Morgan fingerprint density at radius 2 is 2.09 bits per heavy atom. The van der Waals surface area contributed by atoms with Crippen molar-refractivity contribution in [2.45, 2.75) is 13.3 Å². The van der Waals surface area contributed by atoms with Crippen LogP contribution in [0.1, 0.15) is 13.3 Å². The Labute approximate surface area is 136 Å². The Kier molecular flexibility index (Phi) is 4.25. The monoisotopic (exact) mass is 333 g/mol. The summed E-state index contributed by atoms with van der Waals surface area (Å²) in [6, 6.07) is 9.21. The lowest BCUT2D eigenvalue weighted by Crippen LogP contribution is -2.23. The quantitative estimate of drug-likeness (QED) is 0.734. The van der Waals surface area contributed by atoms with E-state index in [0.717, 1.165) is 17.2 Å². The maximum Gasteiger partial charge on any atom is 0.282 e. The molecule has 0 spiro atoms.